The summed E-state index contributed by atoms with van der Waals surface area (Å²) in [4.78, 5) is 34.2. The smallest absolute Gasteiger partial charge is 0.268 e. The van der Waals surface area contributed by atoms with Crippen LogP contribution in [0.4, 0.5) is 8.78 Å². The number of benzene rings is 5. The number of H-pyrrole nitrogens is 2. The third-order valence-corrected chi connectivity index (χ3v) is 11.7. The molecule has 61 heavy (non-hydrogen) atoms. The van der Waals surface area contributed by atoms with Gasteiger partial charge in [0.1, 0.15) is 23.0 Å². The highest BCUT2D eigenvalue weighted by atomic mass is 19.1. The zero-order valence-corrected chi connectivity index (χ0v) is 33.9. The molecule has 5 aromatic carbocycles. The molecule has 0 aliphatic heterocycles. The van der Waals surface area contributed by atoms with Crippen LogP contribution in [0.5, 0.6) is 0 Å². The van der Waals surface area contributed by atoms with Crippen LogP contribution in [0, 0.1) is 11.6 Å². The summed E-state index contributed by atoms with van der Waals surface area (Å²) >= 11 is 0. The Bertz CT molecular complexity index is 2620. The van der Waals surface area contributed by atoms with Crippen LogP contribution in [0.3, 0.4) is 0 Å². The predicted octanol–water partition coefficient (Wildman–Crippen LogP) is 7.71. The number of amides is 2. The lowest BCUT2D eigenvalue weighted by molar-refractivity contribution is 0.0938. The van der Waals surface area contributed by atoms with E-state index >= 15 is 0 Å². The zero-order valence-electron chi connectivity index (χ0n) is 33.9. The molecule has 11 N–H and O–H groups in total. The molecule has 314 valence electrons. The van der Waals surface area contributed by atoms with E-state index in [0.717, 1.165) is 93.0 Å². The van der Waals surface area contributed by atoms with E-state index in [1.165, 1.54) is 24.3 Å². The SMILES string of the molecule is NCCC[C@H](N)CNC(=O)c1[nH]c2cc(-c3ccc(F)cc3)ccc2c1C1CC1NCCC[C@@H](N)CNC(=O)c1[nH]c2cc(-c3ccc(F)cc3)ccc2c1-c1ccccc1. The summed E-state index contributed by atoms with van der Waals surface area (Å²) in [5, 5.41) is 11.6. The van der Waals surface area contributed by atoms with Gasteiger partial charge in [0.2, 0.25) is 0 Å². The molecule has 8 rings (SSSR count). The molecule has 10 nitrogen and oxygen atoms in total. The van der Waals surface area contributed by atoms with Crippen molar-refractivity contribution in [2.75, 3.05) is 26.2 Å². The maximum Gasteiger partial charge on any atom is 0.268 e. The Balaban J connectivity index is 0.891. The van der Waals surface area contributed by atoms with Gasteiger partial charge in [-0.05, 0) is 115 Å². The van der Waals surface area contributed by atoms with Crippen molar-refractivity contribution >= 4 is 33.6 Å². The summed E-state index contributed by atoms with van der Waals surface area (Å²) in [7, 11) is 0. The van der Waals surface area contributed by atoms with Crippen molar-refractivity contribution in [3.63, 3.8) is 0 Å². The van der Waals surface area contributed by atoms with Gasteiger partial charge in [0.25, 0.3) is 11.8 Å². The third-order valence-electron chi connectivity index (χ3n) is 11.7. The number of rotatable bonds is 18. The monoisotopic (exact) mass is 822 g/mol. The van der Waals surface area contributed by atoms with Crippen molar-refractivity contribution < 1.29 is 18.4 Å². The first kappa shape index (κ1) is 41.5. The lowest BCUT2D eigenvalue weighted by atomic mass is 9.99. The number of carbonyl (C=O) groups is 2. The molecule has 1 fully saturated rings. The molecule has 2 amide bonds. The quantitative estimate of drug-likeness (QED) is 0.0411. The number of carbonyl (C=O) groups excluding carboxylic acids is 2. The molecule has 0 spiro atoms. The first-order valence-corrected chi connectivity index (χ1v) is 21.1. The van der Waals surface area contributed by atoms with Crippen molar-refractivity contribution in [2.45, 2.75) is 56.1 Å². The van der Waals surface area contributed by atoms with Gasteiger partial charge in [0.15, 0.2) is 0 Å². The minimum Gasteiger partial charge on any atom is -0.350 e. The highest BCUT2D eigenvalue weighted by molar-refractivity contribution is 6.10. The lowest BCUT2D eigenvalue weighted by Crippen LogP contribution is -2.38. The Kier molecular flexibility index (Phi) is 12.7. The van der Waals surface area contributed by atoms with Gasteiger partial charge >= 0.3 is 0 Å². The number of aromatic nitrogens is 2. The van der Waals surface area contributed by atoms with Crippen molar-refractivity contribution in [3.8, 4) is 33.4 Å². The molecule has 0 saturated heterocycles. The summed E-state index contributed by atoms with van der Waals surface area (Å²) in [6.45, 7) is 1.93. The molecule has 1 aliphatic rings. The fourth-order valence-electron chi connectivity index (χ4n) is 8.30. The topological polar surface area (TPSA) is 180 Å². The van der Waals surface area contributed by atoms with Crippen molar-refractivity contribution in [1.82, 2.24) is 25.9 Å². The number of nitrogens with two attached hydrogens (primary N) is 3. The molecule has 0 bridgehead atoms. The molecular weight excluding hydrogens is 771 g/mol. The molecule has 2 aromatic heterocycles. The molecule has 1 aliphatic carbocycles. The Hall–Kier alpha value is -6.18. The number of nitrogens with one attached hydrogen (secondary N) is 5. The highest BCUT2D eigenvalue weighted by Crippen LogP contribution is 2.46. The number of halogens is 2. The molecule has 1 saturated carbocycles. The number of hydrogen-bond acceptors (Lipinski definition) is 6. The molecule has 0 radical (unpaired) electrons. The maximum atomic E-state index is 13.8. The van der Waals surface area contributed by atoms with Crippen LogP contribution in [0.1, 0.15) is 64.6 Å². The van der Waals surface area contributed by atoms with E-state index in [2.05, 4.69) is 25.9 Å². The minimum atomic E-state index is -0.295. The second kappa shape index (κ2) is 18.6. The second-order valence-electron chi connectivity index (χ2n) is 16.1. The minimum absolute atomic E-state index is 0.131. The normalized spacial score (nSPS) is 15.8. The summed E-state index contributed by atoms with van der Waals surface area (Å²) in [5.74, 6) is -0.901. The second-order valence-corrected chi connectivity index (χ2v) is 16.1. The van der Waals surface area contributed by atoms with E-state index in [0.29, 0.717) is 37.4 Å². The van der Waals surface area contributed by atoms with Gasteiger partial charge in [-0.3, -0.25) is 9.59 Å². The Morgan fingerprint density at radius 2 is 1.16 bits per heavy atom. The van der Waals surface area contributed by atoms with Gasteiger partial charge < -0.3 is 43.1 Å². The van der Waals surface area contributed by atoms with E-state index in [1.54, 1.807) is 24.3 Å². The molecular formula is C49H52F2N8O2. The number of fused-ring (bicyclic) bond motifs is 2. The van der Waals surface area contributed by atoms with Crippen LogP contribution in [0.2, 0.25) is 0 Å². The number of aromatic amines is 2. The molecule has 2 unspecified atom stereocenters. The van der Waals surface area contributed by atoms with Crippen LogP contribution in [-0.2, 0) is 0 Å². The van der Waals surface area contributed by atoms with Crippen molar-refractivity contribution in [1.29, 1.82) is 0 Å². The van der Waals surface area contributed by atoms with Crippen LogP contribution >= 0.6 is 0 Å². The lowest BCUT2D eigenvalue weighted by Gasteiger charge is -2.14. The summed E-state index contributed by atoms with van der Waals surface area (Å²) < 4.78 is 27.3. The Labute approximate surface area is 353 Å². The van der Waals surface area contributed by atoms with E-state index in [4.69, 9.17) is 17.2 Å². The summed E-state index contributed by atoms with van der Waals surface area (Å²) in [6, 6.07) is 34.3. The first-order valence-electron chi connectivity index (χ1n) is 21.1. The van der Waals surface area contributed by atoms with Gasteiger partial charge in [-0.25, -0.2) is 8.78 Å². The van der Waals surface area contributed by atoms with E-state index in [9.17, 15) is 18.4 Å². The van der Waals surface area contributed by atoms with Crippen LogP contribution in [0.25, 0.3) is 55.2 Å². The van der Waals surface area contributed by atoms with Gasteiger partial charge in [0.05, 0.1) is 0 Å². The fraction of sp³-hybridized carbons (Fsp3) is 0.265. The van der Waals surface area contributed by atoms with Gasteiger partial charge in [0, 0.05) is 64.5 Å². The van der Waals surface area contributed by atoms with Crippen LogP contribution < -0.4 is 33.2 Å². The summed E-state index contributed by atoms with van der Waals surface area (Å²) in [5.41, 5.74) is 27.4. The third kappa shape index (κ3) is 9.58. The standard InChI is InChI=1S/C49H52F2N8O2/c50-34-16-10-29(11-17-34)32-14-20-38-42(24-32)58-46(44(38)31-6-2-1-3-7-31)48(60)56-28-37(54)9-5-23-55-41-26-40(41)45-39-21-15-33(30-12-18-35(51)19-13-30)25-43(39)59-47(45)49(61)57-27-36(53)8-4-22-52/h1-3,6-7,10-21,24-25,36-37,40-41,55,58-59H,4-5,8-9,22-23,26-28,52-54H2,(H,56,60)(H,57,61)/t36-,37+,40?,41?/m0/s1. The average molecular weight is 823 g/mol. The zero-order chi connectivity index (χ0) is 42.5. The Morgan fingerprint density at radius 1 is 0.639 bits per heavy atom. The molecule has 7 aromatic rings. The fourth-order valence-corrected chi connectivity index (χ4v) is 8.30. The maximum absolute atomic E-state index is 13.8. The largest absolute Gasteiger partial charge is 0.350 e. The van der Waals surface area contributed by atoms with E-state index in [-0.39, 0.29) is 47.5 Å². The predicted molar refractivity (Wildman–Crippen MR) is 240 cm³/mol. The number of hydrogen-bond donors (Lipinski definition) is 8. The van der Waals surface area contributed by atoms with E-state index in [1.807, 2.05) is 66.7 Å². The molecule has 4 atom stereocenters. The summed E-state index contributed by atoms with van der Waals surface area (Å²) in [6.07, 6.45) is 3.89. The average Bonchev–Trinajstić information content (AvgIpc) is 3.77. The first-order chi connectivity index (χ1) is 29.7. The van der Waals surface area contributed by atoms with Crippen molar-refractivity contribution in [3.05, 3.63) is 144 Å². The Morgan fingerprint density at radius 3 is 1.77 bits per heavy atom. The van der Waals surface area contributed by atoms with Crippen LogP contribution in [0.15, 0.2) is 115 Å². The van der Waals surface area contributed by atoms with Crippen LogP contribution in [-0.4, -0.2) is 66.1 Å². The van der Waals surface area contributed by atoms with Gasteiger partial charge in [-0.15, -0.1) is 0 Å². The molecule has 12 heteroatoms. The highest BCUT2D eigenvalue weighted by Gasteiger charge is 2.42. The van der Waals surface area contributed by atoms with Crippen molar-refractivity contribution in [2.24, 2.45) is 17.2 Å². The van der Waals surface area contributed by atoms with Gasteiger partial charge in [-0.2, -0.15) is 0 Å². The van der Waals surface area contributed by atoms with Gasteiger partial charge in [-0.1, -0.05) is 78.9 Å². The van der Waals surface area contributed by atoms with E-state index < -0.39 is 0 Å². The molecule has 2 heterocycles.